The zero-order valence-electron chi connectivity index (χ0n) is 17.5. The highest BCUT2D eigenvalue weighted by Crippen LogP contribution is 2.31. The fraction of sp³-hybridized carbons (Fsp3) is 0.478. The van der Waals surface area contributed by atoms with Crippen molar-refractivity contribution in [2.24, 2.45) is 0 Å². The molecule has 3 rings (SSSR count). The minimum absolute atomic E-state index is 0.0799. The third-order valence-electron chi connectivity index (χ3n) is 5.23. The Balaban J connectivity index is 1.71. The van der Waals surface area contributed by atoms with Crippen molar-refractivity contribution in [1.82, 2.24) is 4.90 Å². The molecule has 1 aliphatic heterocycles. The lowest BCUT2D eigenvalue weighted by Gasteiger charge is -2.26. The molecule has 0 amide bonds. The molecule has 1 fully saturated rings. The molecule has 29 heavy (non-hydrogen) atoms. The lowest BCUT2D eigenvalue weighted by atomic mass is 9.87. The summed E-state index contributed by atoms with van der Waals surface area (Å²) in [5, 5.41) is 11.2. The lowest BCUT2D eigenvalue weighted by Crippen LogP contribution is -2.36. The highest BCUT2D eigenvalue weighted by molar-refractivity contribution is 5.46. The van der Waals surface area contributed by atoms with Gasteiger partial charge in [-0.15, -0.1) is 0 Å². The molecule has 2 aromatic carbocycles. The van der Waals surface area contributed by atoms with Crippen LogP contribution in [0.5, 0.6) is 11.5 Å². The van der Waals surface area contributed by atoms with Gasteiger partial charge in [-0.2, -0.15) is 0 Å². The second-order valence-corrected chi connectivity index (χ2v) is 8.48. The Morgan fingerprint density at radius 3 is 2.41 bits per heavy atom. The maximum atomic E-state index is 11.2. The van der Waals surface area contributed by atoms with Crippen molar-refractivity contribution >= 4 is 5.69 Å². The number of hydrogen-bond donors (Lipinski definition) is 0. The molecule has 156 valence electrons. The Hall–Kier alpha value is -2.44. The summed E-state index contributed by atoms with van der Waals surface area (Å²) in [5.74, 6) is 1.42. The largest absolute Gasteiger partial charge is 0.457 e. The topological polar surface area (TPSA) is 64.8 Å². The summed E-state index contributed by atoms with van der Waals surface area (Å²) < 4.78 is 11.5. The van der Waals surface area contributed by atoms with Crippen molar-refractivity contribution in [2.45, 2.75) is 39.0 Å². The first-order valence-electron chi connectivity index (χ1n) is 10.2. The van der Waals surface area contributed by atoms with Gasteiger partial charge < -0.3 is 9.47 Å². The molecule has 1 heterocycles. The van der Waals surface area contributed by atoms with Gasteiger partial charge in [0.05, 0.1) is 18.1 Å². The van der Waals surface area contributed by atoms with E-state index in [2.05, 4.69) is 37.8 Å². The molecule has 0 aliphatic carbocycles. The summed E-state index contributed by atoms with van der Waals surface area (Å²) >= 11 is 0. The minimum Gasteiger partial charge on any atom is -0.457 e. The highest BCUT2D eigenvalue weighted by atomic mass is 16.6. The van der Waals surface area contributed by atoms with Crippen LogP contribution in [0.4, 0.5) is 5.69 Å². The van der Waals surface area contributed by atoms with E-state index in [-0.39, 0.29) is 16.0 Å². The molecule has 1 saturated heterocycles. The van der Waals surface area contributed by atoms with Crippen LogP contribution in [0.2, 0.25) is 0 Å². The van der Waals surface area contributed by atoms with E-state index in [9.17, 15) is 10.1 Å². The number of nitro groups is 1. The molecule has 0 bridgehead atoms. The van der Waals surface area contributed by atoms with Gasteiger partial charge in [-0.05, 0) is 48.6 Å². The molecular formula is C23H30N2O4. The van der Waals surface area contributed by atoms with E-state index < -0.39 is 0 Å². The zero-order chi connectivity index (χ0) is 20.9. The molecule has 0 saturated carbocycles. The Morgan fingerprint density at radius 2 is 1.79 bits per heavy atom. The van der Waals surface area contributed by atoms with Crippen molar-refractivity contribution in [3.05, 3.63) is 63.7 Å². The maximum Gasteiger partial charge on any atom is 0.269 e. The zero-order valence-corrected chi connectivity index (χ0v) is 17.5. The average Bonchev–Trinajstić information content (AvgIpc) is 2.69. The van der Waals surface area contributed by atoms with Gasteiger partial charge >= 0.3 is 0 Å². The van der Waals surface area contributed by atoms with Crippen LogP contribution in [0.15, 0.2) is 42.5 Å². The van der Waals surface area contributed by atoms with Crippen molar-refractivity contribution < 1.29 is 14.4 Å². The predicted octanol–water partition coefficient (Wildman–Crippen LogP) is 4.95. The van der Waals surface area contributed by atoms with Crippen LogP contribution in [-0.4, -0.2) is 42.7 Å². The normalized spacial score (nSPS) is 15.3. The number of ether oxygens (including phenoxy) is 2. The molecule has 0 spiro atoms. The van der Waals surface area contributed by atoms with Gasteiger partial charge in [-0.3, -0.25) is 15.0 Å². The van der Waals surface area contributed by atoms with E-state index >= 15 is 0 Å². The molecule has 6 heteroatoms. The summed E-state index contributed by atoms with van der Waals surface area (Å²) in [5.41, 5.74) is 2.28. The van der Waals surface area contributed by atoms with Gasteiger partial charge in [-0.1, -0.05) is 32.9 Å². The third kappa shape index (κ3) is 6.02. The van der Waals surface area contributed by atoms with E-state index in [4.69, 9.17) is 9.47 Å². The van der Waals surface area contributed by atoms with Gasteiger partial charge in [-0.25, -0.2) is 0 Å². The summed E-state index contributed by atoms with van der Waals surface area (Å²) in [4.78, 5) is 13.2. The van der Waals surface area contributed by atoms with Crippen LogP contribution in [0, 0.1) is 10.1 Å². The Kier molecular flexibility index (Phi) is 6.87. The molecule has 6 nitrogen and oxygen atoms in total. The van der Waals surface area contributed by atoms with Crippen LogP contribution < -0.4 is 4.74 Å². The van der Waals surface area contributed by atoms with Crippen LogP contribution in [-0.2, 0) is 16.6 Å². The van der Waals surface area contributed by atoms with Gasteiger partial charge in [0.15, 0.2) is 0 Å². The molecule has 0 radical (unpaired) electrons. The molecule has 0 aromatic heterocycles. The lowest BCUT2D eigenvalue weighted by molar-refractivity contribution is -0.384. The van der Waals surface area contributed by atoms with Crippen molar-refractivity contribution in [1.29, 1.82) is 0 Å². The number of benzene rings is 2. The van der Waals surface area contributed by atoms with E-state index in [0.717, 1.165) is 57.0 Å². The maximum absolute atomic E-state index is 11.2. The first-order valence-corrected chi connectivity index (χ1v) is 10.2. The van der Waals surface area contributed by atoms with Crippen LogP contribution in [0.25, 0.3) is 0 Å². The molecule has 2 aromatic rings. The summed E-state index contributed by atoms with van der Waals surface area (Å²) in [7, 11) is 0. The number of aryl methyl sites for hydroxylation is 1. The van der Waals surface area contributed by atoms with Crippen molar-refractivity contribution in [3.63, 3.8) is 0 Å². The smallest absolute Gasteiger partial charge is 0.269 e. The number of nitro benzene ring substituents is 1. The summed E-state index contributed by atoms with van der Waals surface area (Å²) in [6.45, 7) is 10.9. The Labute approximate surface area is 172 Å². The average molecular weight is 399 g/mol. The minimum atomic E-state index is -0.354. The summed E-state index contributed by atoms with van der Waals surface area (Å²) in [6.07, 6.45) is 1.65. The first kappa shape index (κ1) is 21.3. The fourth-order valence-electron chi connectivity index (χ4n) is 3.44. The number of morpholine rings is 1. The molecule has 1 aliphatic rings. The molecular weight excluding hydrogens is 368 g/mol. The highest BCUT2D eigenvalue weighted by Gasteiger charge is 2.16. The van der Waals surface area contributed by atoms with Crippen molar-refractivity contribution in [2.75, 3.05) is 32.8 Å². The number of rotatable bonds is 7. The molecule has 0 atom stereocenters. The second-order valence-electron chi connectivity index (χ2n) is 8.48. The third-order valence-corrected chi connectivity index (χ3v) is 5.23. The first-order chi connectivity index (χ1) is 13.8. The molecule has 0 unspecified atom stereocenters. The van der Waals surface area contributed by atoms with Crippen LogP contribution in [0.3, 0.4) is 0 Å². The predicted molar refractivity (Wildman–Crippen MR) is 114 cm³/mol. The molecule has 0 N–H and O–H groups in total. The van der Waals surface area contributed by atoms with E-state index in [1.165, 1.54) is 11.6 Å². The van der Waals surface area contributed by atoms with E-state index in [1.54, 1.807) is 12.1 Å². The van der Waals surface area contributed by atoms with E-state index in [0.29, 0.717) is 5.75 Å². The SMILES string of the molecule is CC(C)(C)c1ccc(Oc2ccc([N+](=O)[O-])cc2CCCN2CCOCC2)cc1. The van der Waals surface area contributed by atoms with Gasteiger partial charge in [0.2, 0.25) is 0 Å². The standard InChI is InChI=1S/C23H30N2O4/c1-23(2,3)19-6-9-21(10-7-19)29-22-11-8-20(25(26)27)17-18(22)5-4-12-24-13-15-28-16-14-24/h6-11,17H,4-5,12-16H2,1-3H3. The Bertz CT molecular complexity index is 822. The number of hydrogen-bond acceptors (Lipinski definition) is 5. The van der Waals surface area contributed by atoms with Gasteiger partial charge in [0, 0.05) is 30.8 Å². The quantitative estimate of drug-likeness (QED) is 0.488. The monoisotopic (exact) mass is 398 g/mol. The van der Waals surface area contributed by atoms with Gasteiger partial charge in [0.1, 0.15) is 11.5 Å². The van der Waals surface area contributed by atoms with Crippen molar-refractivity contribution in [3.8, 4) is 11.5 Å². The van der Waals surface area contributed by atoms with Gasteiger partial charge in [0.25, 0.3) is 5.69 Å². The van der Waals surface area contributed by atoms with Crippen LogP contribution in [0.1, 0.15) is 38.3 Å². The van der Waals surface area contributed by atoms with Crippen LogP contribution >= 0.6 is 0 Å². The summed E-state index contributed by atoms with van der Waals surface area (Å²) in [6, 6.07) is 12.9. The number of nitrogens with zero attached hydrogens (tertiary/aromatic N) is 2. The number of non-ortho nitro benzene ring substituents is 1. The second kappa shape index (κ2) is 9.37. The fourth-order valence-corrected chi connectivity index (χ4v) is 3.44. The van der Waals surface area contributed by atoms with E-state index in [1.807, 2.05) is 12.1 Å². The Morgan fingerprint density at radius 1 is 1.10 bits per heavy atom.